The van der Waals surface area contributed by atoms with Gasteiger partial charge in [0.2, 0.25) is 15.9 Å². The summed E-state index contributed by atoms with van der Waals surface area (Å²) in [6.45, 7) is 5.48. The number of rotatable bonds is 8. The second-order valence-electron chi connectivity index (χ2n) is 12.5. The Labute approximate surface area is 252 Å². The number of fused-ring (bicyclic) bond motifs is 2. The molecule has 1 amide bonds. The van der Waals surface area contributed by atoms with Gasteiger partial charge in [0.1, 0.15) is 11.6 Å². The summed E-state index contributed by atoms with van der Waals surface area (Å²) in [5.41, 5.74) is 0.496. The van der Waals surface area contributed by atoms with Crippen LogP contribution in [-0.2, 0) is 26.0 Å². The Hall–Kier alpha value is -2.11. The average Bonchev–Trinajstić information content (AvgIpc) is 3.05. The van der Waals surface area contributed by atoms with Gasteiger partial charge in [0.05, 0.1) is 17.0 Å². The van der Waals surface area contributed by atoms with Crippen molar-refractivity contribution in [1.29, 1.82) is 0 Å². The number of anilines is 1. The largest absolute Gasteiger partial charge is 0.376 e. The average molecular weight is 624 g/mol. The Morgan fingerprint density at radius 2 is 1.90 bits per heavy atom. The molecule has 3 aliphatic heterocycles. The van der Waals surface area contributed by atoms with Crippen LogP contribution in [-0.4, -0.2) is 61.8 Å². The van der Waals surface area contributed by atoms with E-state index in [0.717, 1.165) is 37.0 Å². The maximum atomic E-state index is 15.2. The van der Waals surface area contributed by atoms with Gasteiger partial charge in [0, 0.05) is 48.8 Å². The molecule has 11 heteroatoms. The molecule has 2 aromatic carbocycles. The van der Waals surface area contributed by atoms with Crippen molar-refractivity contribution in [3.8, 4) is 0 Å². The van der Waals surface area contributed by atoms with Gasteiger partial charge in [-0.3, -0.25) is 4.79 Å². The van der Waals surface area contributed by atoms with Crippen LogP contribution in [0.25, 0.3) is 0 Å². The topological polar surface area (TPSA) is 87.7 Å². The molecule has 3 aliphatic rings. The molecule has 2 bridgehead atoms. The smallest absolute Gasteiger partial charge is 0.225 e. The fourth-order valence-corrected chi connectivity index (χ4v) is 8.74. The Kier molecular flexibility index (Phi) is 9.59. The zero-order valence-electron chi connectivity index (χ0n) is 24.2. The minimum absolute atomic E-state index is 0.0490. The second-order valence-corrected chi connectivity index (χ2v) is 15.0. The standard InChI is InChI=1S/C31H40ClF2N3O4S/c1-31(2)17-21(13-14-41-31)26(20-5-7-22(32)8-6-20)16-29(38)36-30-25(27(33)11-12-28(30)34)10-9-24-18-35-23-4-3-15-42(39,40)37(24)19-23/h5-8,11-12,21,23-24,26,35H,3-4,9-10,13-19H2,1-2H3,(H,36,38)/t21-,23+,24-,26-/m0/s1. The van der Waals surface area contributed by atoms with Gasteiger partial charge in [-0.2, -0.15) is 4.31 Å². The van der Waals surface area contributed by atoms with E-state index >= 15 is 8.78 Å². The van der Waals surface area contributed by atoms with E-state index in [0.29, 0.717) is 37.6 Å². The number of carbonyl (C=O) groups is 1. The molecule has 1 unspecified atom stereocenters. The summed E-state index contributed by atoms with van der Waals surface area (Å²) in [5.74, 6) is -1.69. The van der Waals surface area contributed by atoms with Gasteiger partial charge in [0.15, 0.2) is 0 Å². The van der Waals surface area contributed by atoms with Gasteiger partial charge in [-0.25, -0.2) is 17.2 Å². The Morgan fingerprint density at radius 3 is 2.64 bits per heavy atom. The van der Waals surface area contributed by atoms with Crippen LogP contribution < -0.4 is 10.6 Å². The number of amides is 1. The molecule has 3 saturated heterocycles. The summed E-state index contributed by atoms with van der Waals surface area (Å²) in [4.78, 5) is 13.5. The number of hydrogen-bond donors (Lipinski definition) is 2. The van der Waals surface area contributed by atoms with Crippen LogP contribution in [0, 0.1) is 17.6 Å². The Bertz CT molecular complexity index is 1390. The number of sulfonamides is 1. The monoisotopic (exact) mass is 623 g/mol. The third-order valence-electron chi connectivity index (χ3n) is 8.97. The molecule has 0 aromatic heterocycles. The maximum Gasteiger partial charge on any atom is 0.225 e. The maximum absolute atomic E-state index is 15.2. The third-order valence-corrected chi connectivity index (χ3v) is 11.2. The summed E-state index contributed by atoms with van der Waals surface area (Å²) in [7, 11) is -3.42. The van der Waals surface area contributed by atoms with Crippen LogP contribution in [0.5, 0.6) is 0 Å². The quantitative estimate of drug-likeness (QED) is 0.398. The third kappa shape index (κ3) is 7.33. The van der Waals surface area contributed by atoms with Crippen molar-refractivity contribution >= 4 is 33.2 Å². The fourth-order valence-electron chi connectivity index (χ4n) is 6.81. The van der Waals surface area contributed by atoms with Crippen molar-refractivity contribution < 1.29 is 26.7 Å². The van der Waals surface area contributed by atoms with Crippen molar-refractivity contribution in [1.82, 2.24) is 9.62 Å². The summed E-state index contributed by atoms with van der Waals surface area (Å²) in [5, 5.41) is 6.69. The predicted molar refractivity (Wildman–Crippen MR) is 160 cm³/mol. The first-order chi connectivity index (χ1) is 19.9. The van der Waals surface area contributed by atoms with Gasteiger partial charge < -0.3 is 15.4 Å². The fraction of sp³-hybridized carbons (Fsp3) is 0.581. The van der Waals surface area contributed by atoms with E-state index < -0.39 is 27.6 Å². The van der Waals surface area contributed by atoms with Crippen LogP contribution in [0.3, 0.4) is 0 Å². The van der Waals surface area contributed by atoms with E-state index in [1.807, 2.05) is 26.0 Å². The Morgan fingerprint density at radius 1 is 1.17 bits per heavy atom. The van der Waals surface area contributed by atoms with E-state index in [2.05, 4.69) is 10.6 Å². The molecule has 3 heterocycles. The minimum Gasteiger partial charge on any atom is -0.376 e. The number of hydrogen-bond acceptors (Lipinski definition) is 5. The van der Waals surface area contributed by atoms with E-state index in [4.69, 9.17) is 16.3 Å². The lowest BCUT2D eigenvalue weighted by Gasteiger charge is -2.39. The summed E-state index contributed by atoms with van der Waals surface area (Å²) >= 11 is 6.13. The summed E-state index contributed by atoms with van der Waals surface area (Å²) in [6.07, 6.45) is 3.38. The summed E-state index contributed by atoms with van der Waals surface area (Å²) < 4.78 is 63.5. The van der Waals surface area contributed by atoms with E-state index in [9.17, 15) is 13.2 Å². The van der Waals surface area contributed by atoms with Crippen LogP contribution >= 0.6 is 11.6 Å². The molecule has 7 nitrogen and oxygen atoms in total. The second kappa shape index (κ2) is 12.9. The normalized spacial score (nSPS) is 27.5. The highest BCUT2D eigenvalue weighted by Crippen LogP contribution is 2.40. The SMILES string of the molecule is CC1(C)C[C@@H]([C@@H](CC(=O)Nc2c(F)ccc(F)c2CC[C@H]2CN[C@@H]3CCCS(=O)(=O)N2C3)c2ccc(Cl)cc2)CCO1. The lowest BCUT2D eigenvalue weighted by atomic mass is 9.75. The van der Waals surface area contributed by atoms with Crippen molar-refractivity contribution in [2.75, 3.05) is 30.8 Å². The number of nitrogens with one attached hydrogen (secondary N) is 2. The number of carbonyl (C=O) groups excluding carboxylic acids is 1. The minimum atomic E-state index is -3.42. The molecule has 0 radical (unpaired) electrons. The molecule has 5 rings (SSSR count). The number of halogens is 3. The molecule has 42 heavy (non-hydrogen) atoms. The molecule has 0 spiro atoms. The highest BCUT2D eigenvalue weighted by molar-refractivity contribution is 7.89. The lowest BCUT2D eigenvalue weighted by molar-refractivity contribution is -0.118. The van der Waals surface area contributed by atoms with Crippen molar-refractivity contribution in [2.24, 2.45) is 5.92 Å². The Balaban J connectivity index is 1.34. The number of ether oxygens (including phenoxy) is 1. The molecular weight excluding hydrogens is 584 g/mol. The molecule has 5 atom stereocenters. The van der Waals surface area contributed by atoms with E-state index in [1.165, 1.54) is 4.31 Å². The van der Waals surface area contributed by atoms with Gasteiger partial charge in [-0.05, 0) is 94.0 Å². The number of benzene rings is 2. The molecule has 3 fully saturated rings. The van der Waals surface area contributed by atoms with E-state index in [1.54, 1.807) is 12.1 Å². The van der Waals surface area contributed by atoms with Crippen LogP contribution in [0.2, 0.25) is 5.02 Å². The van der Waals surface area contributed by atoms with Crippen molar-refractivity contribution in [2.45, 2.75) is 82.4 Å². The molecule has 0 aliphatic carbocycles. The molecular formula is C31H40ClF2N3O4S. The predicted octanol–water partition coefficient (Wildman–Crippen LogP) is 5.63. The van der Waals surface area contributed by atoms with E-state index in [-0.39, 0.29) is 59.4 Å². The van der Waals surface area contributed by atoms with Gasteiger partial charge in [-0.1, -0.05) is 23.7 Å². The first kappa shape index (κ1) is 31.3. The van der Waals surface area contributed by atoms with Gasteiger partial charge >= 0.3 is 0 Å². The van der Waals surface area contributed by atoms with Crippen molar-refractivity contribution in [3.63, 3.8) is 0 Å². The molecule has 2 aromatic rings. The van der Waals surface area contributed by atoms with Crippen LogP contribution in [0.15, 0.2) is 36.4 Å². The number of piperazine rings is 1. The molecule has 0 saturated carbocycles. The van der Waals surface area contributed by atoms with Gasteiger partial charge in [0.25, 0.3) is 0 Å². The highest BCUT2D eigenvalue weighted by atomic mass is 35.5. The lowest BCUT2D eigenvalue weighted by Crippen LogP contribution is -2.57. The van der Waals surface area contributed by atoms with Crippen LogP contribution in [0.4, 0.5) is 14.5 Å². The first-order valence-electron chi connectivity index (χ1n) is 14.8. The summed E-state index contributed by atoms with van der Waals surface area (Å²) in [6, 6.07) is 9.22. The zero-order valence-corrected chi connectivity index (χ0v) is 25.7. The first-order valence-corrected chi connectivity index (χ1v) is 16.8. The van der Waals surface area contributed by atoms with Crippen LogP contribution in [0.1, 0.15) is 69.4 Å². The zero-order chi connectivity index (χ0) is 30.1. The highest BCUT2D eigenvalue weighted by Gasteiger charge is 2.38. The number of nitrogens with zero attached hydrogens (tertiary/aromatic N) is 1. The molecule has 2 N–H and O–H groups in total. The van der Waals surface area contributed by atoms with Gasteiger partial charge in [-0.15, -0.1) is 0 Å². The molecule has 230 valence electrons. The van der Waals surface area contributed by atoms with Crippen molar-refractivity contribution in [3.05, 3.63) is 64.2 Å².